The van der Waals surface area contributed by atoms with Crippen molar-refractivity contribution in [1.29, 1.82) is 0 Å². The standard InChI is InChI=1S/C7H14N2O/c1-5-3-4-9(5)7(10)6(2)8/h5-6H,3-4,8H2,1-2H3/t5-,6+/m0/s1. The van der Waals surface area contributed by atoms with Crippen molar-refractivity contribution < 1.29 is 4.79 Å². The molecule has 1 rings (SSSR count). The van der Waals surface area contributed by atoms with E-state index in [-0.39, 0.29) is 11.9 Å². The summed E-state index contributed by atoms with van der Waals surface area (Å²) in [5, 5.41) is 0. The van der Waals surface area contributed by atoms with E-state index < -0.39 is 0 Å². The van der Waals surface area contributed by atoms with Crippen LogP contribution in [0.25, 0.3) is 0 Å². The van der Waals surface area contributed by atoms with Gasteiger partial charge in [0.05, 0.1) is 6.04 Å². The Kier molecular flexibility index (Phi) is 1.94. The molecule has 2 N–H and O–H groups in total. The summed E-state index contributed by atoms with van der Waals surface area (Å²) in [6, 6.07) is 0.0845. The fraction of sp³-hybridized carbons (Fsp3) is 0.857. The number of carbonyl (C=O) groups is 1. The molecule has 1 aliphatic rings. The minimum atomic E-state index is -0.331. The van der Waals surface area contributed by atoms with E-state index in [1.54, 1.807) is 6.92 Å². The SMILES string of the molecule is C[C@@H](N)C(=O)N1CC[C@@H]1C. The molecule has 58 valence electrons. The maximum Gasteiger partial charge on any atom is 0.239 e. The molecule has 0 aromatic carbocycles. The summed E-state index contributed by atoms with van der Waals surface area (Å²) in [5.41, 5.74) is 5.42. The van der Waals surface area contributed by atoms with Crippen LogP contribution in [0.1, 0.15) is 20.3 Å². The highest BCUT2D eigenvalue weighted by atomic mass is 16.2. The molecule has 0 spiro atoms. The normalized spacial score (nSPS) is 27.5. The number of carbonyl (C=O) groups excluding carboxylic acids is 1. The Balaban J connectivity index is 2.42. The van der Waals surface area contributed by atoms with E-state index in [2.05, 4.69) is 0 Å². The van der Waals surface area contributed by atoms with E-state index in [1.165, 1.54) is 0 Å². The second-order valence-electron chi connectivity index (χ2n) is 2.96. The molecule has 1 saturated heterocycles. The van der Waals surface area contributed by atoms with Gasteiger partial charge in [0.1, 0.15) is 0 Å². The maximum atomic E-state index is 11.1. The molecule has 1 amide bonds. The van der Waals surface area contributed by atoms with Gasteiger partial charge in [-0.2, -0.15) is 0 Å². The molecule has 0 aromatic heterocycles. The molecule has 0 saturated carbocycles. The molecule has 1 aliphatic heterocycles. The van der Waals surface area contributed by atoms with Gasteiger partial charge in [0.25, 0.3) is 0 Å². The third-order valence-electron chi connectivity index (χ3n) is 1.99. The topological polar surface area (TPSA) is 46.3 Å². The number of likely N-dealkylation sites (tertiary alicyclic amines) is 1. The highest BCUT2D eigenvalue weighted by Gasteiger charge is 2.29. The van der Waals surface area contributed by atoms with Crippen LogP contribution in [-0.2, 0) is 4.79 Å². The van der Waals surface area contributed by atoms with E-state index in [9.17, 15) is 4.79 Å². The van der Waals surface area contributed by atoms with Gasteiger partial charge >= 0.3 is 0 Å². The lowest BCUT2D eigenvalue weighted by Gasteiger charge is -2.39. The van der Waals surface area contributed by atoms with Crippen molar-refractivity contribution in [3.8, 4) is 0 Å². The highest BCUT2D eigenvalue weighted by Crippen LogP contribution is 2.16. The summed E-state index contributed by atoms with van der Waals surface area (Å²) in [4.78, 5) is 13.0. The average Bonchev–Trinajstić information content (AvgIpc) is 1.84. The number of nitrogens with zero attached hydrogens (tertiary/aromatic N) is 1. The summed E-state index contributed by atoms with van der Waals surface area (Å²) >= 11 is 0. The second-order valence-corrected chi connectivity index (χ2v) is 2.96. The lowest BCUT2D eigenvalue weighted by atomic mass is 10.0. The zero-order chi connectivity index (χ0) is 7.72. The van der Waals surface area contributed by atoms with Crippen LogP contribution in [0, 0.1) is 0 Å². The predicted octanol–water partition coefficient (Wildman–Crippen LogP) is -0.0456. The van der Waals surface area contributed by atoms with Crippen molar-refractivity contribution in [2.24, 2.45) is 5.73 Å². The first-order valence-corrected chi connectivity index (χ1v) is 3.69. The van der Waals surface area contributed by atoms with Crippen LogP contribution >= 0.6 is 0 Å². The summed E-state index contributed by atoms with van der Waals surface area (Å²) in [5.74, 6) is 0.0822. The molecule has 2 atom stereocenters. The van der Waals surface area contributed by atoms with Crippen LogP contribution in [0.15, 0.2) is 0 Å². The Bertz CT molecular complexity index is 145. The summed E-state index contributed by atoms with van der Waals surface area (Å²) in [6.07, 6.45) is 1.12. The van der Waals surface area contributed by atoms with E-state index >= 15 is 0 Å². The van der Waals surface area contributed by atoms with Gasteiger partial charge in [0.15, 0.2) is 0 Å². The Hall–Kier alpha value is -0.570. The van der Waals surface area contributed by atoms with Crippen LogP contribution < -0.4 is 5.73 Å². The summed E-state index contributed by atoms with van der Waals surface area (Å²) < 4.78 is 0. The zero-order valence-electron chi connectivity index (χ0n) is 6.50. The first kappa shape index (κ1) is 7.54. The van der Waals surface area contributed by atoms with Crippen LogP contribution in [0.2, 0.25) is 0 Å². The fourth-order valence-corrected chi connectivity index (χ4v) is 1.11. The minimum absolute atomic E-state index is 0.0822. The van der Waals surface area contributed by atoms with Gasteiger partial charge in [-0.1, -0.05) is 0 Å². The number of hydrogen-bond acceptors (Lipinski definition) is 2. The Morgan fingerprint density at radius 1 is 1.80 bits per heavy atom. The van der Waals surface area contributed by atoms with Gasteiger partial charge in [0, 0.05) is 12.6 Å². The fourth-order valence-electron chi connectivity index (χ4n) is 1.11. The Morgan fingerprint density at radius 3 is 2.50 bits per heavy atom. The molecule has 1 heterocycles. The molecule has 3 heteroatoms. The third kappa shape index (κ3) is 1.14. The van der Waals surface area contributed by atoms with E-state index in [1.807, 2.05) is 11.8 Å². The highest BCUT2D eigenvalue weighted by molar-refractivity contribution is 5.82. The third-order valence-corrected chi connectivity index (χ3v) is 1.99. The van der Waals surface area contributed by atoms with Crippen molar-refractivity contribution in [1.82, 2.24) is 4.90 Å². The molecular weight excluding hydrogens is 128 g/mol. The van der Waals surface area contributed by atoms with E-state index in [0.29, 0.717) is 6.04 Å². The molecule has 10 heavy (non-hydrogen) atoms. The Labute approximate surface area is 61.2 Å². The van der Waals surface area contributed by atoms with Crippen molar-refractivity contribution in [2.75, 3.05) is 6.54 Å². The van der Waals surface area contributed by atoms with Crippen LogP contribution in [-0.4, -0.2) is 29.4 Å². The van der Waals surface area contributed by atoms with Gasteiger partial charge in [0.2, 0.25) is 5.91 Å². The van der Waals surface area contributed by atoms with Crippen LogP contribution in [0.5, 0.6) is 0 Å². The lowest BCUT2D eigenvalue weighted by Crippen LogP contribution is -2.54. The zero-order valence-corrected chi connectivity index (χ0v) is 6.50. The number of amides is 1. The first-order valence-electron chi connectivity index (χ1n) is 3.69. The molecule has 1 fully saturated rings. The van der Waals surface area contributed by atoms with E-state index in [4.69, 9.17) is 5.73 Å². The molecule has 0 unspecified atom stereocenters. The lowest BCUT2D eigenvalue weighted by molar-refractivity contribution is -0.139. The monoisotopic (exact) mass is 142 g/mol. The summed E-state index contributed by atoms with van der Waals surface area (Å²) in [7, 11) is 0. The van der Waals surface area contributed by atoms with Crippen LogP contribution in [0.3, 0.4) is 0 Å². The largest absolute Gasteiger partial charge is 0.339 e. The molecule has 0 aromatic rings. The number of rotatable bonds is 1. The van der Waals surface area contributed by atoms with Crippen molar-refractivity contribution in [3.63, 3.8) is 0 Å². The second kappa shape index (κ2) is 2.58. The molecule has 0 bridgehead atoms. The van der Waals surface area contributed by atoms with Crippen molar-refractivity contribution >= 4 is 5.91 Å². The maximum absolute atomic E-state index is 11.1. The molecule has 3 nitrogen and oxygen atoms in total. The molecule has 0 radical (unpaired) electrons. The Morgan fingerprint density at radius 2 is 2.40 bits per heavy atom. The minimum Gasteiger partial charge on any atom is -0.339 e. The smallest absolute Gasteiger partial charge is 0.239 e. The summed E-state index contributed by atoms with van der Waals surface area (Å²) in [6.45, 7) is 4.67. The van der Waals surface area contributed by atoms with Gasteiger partial charge < -0.3 is 10.6 Å². The number of hydrogen-bond donors (Lipinski definition) is 1. The predicted molar refractivity (Wildman–Crippen MR) is 39.4 cm³/mol. The van der Waals surface area contributed by atoms with Gasteiger partial charge in [-0.3, -0.25) is 4.79 Å². The number of nitrogens with two attached hydrogens (primary N) is 1. The molecule has 0 aliphatic carbocycles. The van der Waals surface area contributed by atoms with Crippen molar-refractivity contribution in [2.45, 2.75) is 32.4 Å². The molecular formula is C7H14N2O. The first-order chi connectivity index (χ1) is 4.63. The van der Waals surface area contributed by atoms with Crippen molar-refractivity contribution in [3.05, 3.63) is 0 Å². The van der Waals surface area contributed by atoms with Gasteiger partial charge in [-0.05, 0) is 20.3 Å². The van der Waals surface area contributed by atoms with Crippen LogP contribution in [0.4, 0.5) is 0 Å². The average molecular weight is 142 g/mol. The van der Waals surface area contributed by atoms with Gasteiger partial charge in [-0.15, -0.1) is 0 Å². The quantitative estimate of drug-likeness (QED) is 0.558. The van der Waals surface area contributed by atoms with E-state index in [0.717, 1.165) is 13.0 Å². The van der Waals surface area contributed by atoms with Gasteiger partial charge in [-0.25, -0.2) is 0 Å².